The fourth-order valence-corrected chi connectivity index (χ4v) is 2.73. The van der Waals surface area contributed by atoms with Gasteiger partial charge in [0.05, 0.1) is 18.6 Å². The third-order valence-electron chi connectivity index (χ3n) is 3.08. The SMILES string of the molecule is CCOc1ccc(S(=O)(=O)NNC(=O)c2cccc(OC)c2)cc1. The van der Waals surface area contributed by atoms with E-state index in [1.807, 2.05) is 6.92 Å². The predicted octanol–water partition coefficient (Wildman–Crippen LogP) is 1.72. The van der Waals surface area contributed by atoms with Crippen molar-refractivity contribution in [2.75, 3.05) is 13.7 Å². The zero-order valence-corrected chi connectivity index (χ0v) is 14.1. The van der Waals surface area contributed by atoms with Crippen LogP contribution in [0, 0.1) is 0 Å². The van der Waals surface area contributed by atoms with Gasteiger partial charge in [-0.2, -0.15) is 0 Å². The summed E-state index contributed by atoms with van der Waals surface area (Å²) in [6, 6.07) is 12.2. The first kappa shape index (κ1) is 17.8. The Kier molecular flexibility index (Phi) is 5.78. The first-order valence-corrected chi connectivity index (χ1v) is 8.63. The lowest BCUT2D eigenvalue weighted by atomic mass is 10.2. The Labute approximate surface area is 140 Å². The number of nitrogens with one attached hydrogen (secondary N) is 2. The summed E-state index contributed by atoms with van der Waals surface area (Å²) in [5.41, 5.74) is 2.43. The summed E-state index contributed by atoms with van der Waals surface area (Å²) in [6.45, 7) is 2.32. The van der Waals surface area contributed by atoms with Gasteiger partial charge >= 0.3 is 0 Å². The number of carbonyl (C=O) groups excluding carboxylic acids is 1. The molecule has 2 rings (SSSR count). The van der Waals surface area contributed by atoms with Gasteiger partial charge in [0.25, 0.3) is 15.9 Å². The van der Waals surface area contributed by atoms with Crippen molar-refractivity contribution < 1.29 is 22.7 Å². The molecule has 24 heavy (non-hydrogen) atoms. The Morgan fingerprint density at radius 2 is 1.79 bits per heavy atom. The Bertz CT molecular complexity index is 803. The molecule has 2 aromatic carbocycles. The highest BCUT2D eigenvalue weighted by Crippen LogP contribution is 2.16. The number of hydrogen-bond acceptors (Lipinski definition) is 5. The third kappa shape index (κ3) is 4.46. The van der Waals surface area contributed by atoms with Crippen molar-refractivity contribution in [2.24, 2.45) is 0 Å². The van der Waals surface area contributed by atoms with Gasteiger partial charge in [0.2, 0.25) is 0 Å². The molecule has 2 aromatic rings. The minimum Gasteiger partial charge on any atom is -0.497 e. The monoisotopic (exact) mass is 350 g/mol. The van der Waals surface area contributed by atoms with Crippen molar-refractivity contribution in [1.82, 2.24) is 10.3 Å². The summed E-state index contributed by atoms with van der Waals surface area (Å²) in [5.74, 6) is 0.470. The van der Waals surface area contributed by atoms with Crippen LogP contribution in [0.4, 0.5) is 0 Å². The number of rotatable bonds is 7. The van der Waals surface area contributed by atoms with E-state index in [4.69, 9.17) is 9.47 Å². The van der Waals surface area contributed by atoms with Crippen molar-refractivity contribution in [3.63, 3.8) is 0 Å². The van der Waals surface area contributed by atoms with Crippen LogP contribution in [-0.2, 0) is 10.0 Å². The van der Waals surface area contributed by atoms with Crippen LogP contribution in [-0.4, -0.2) is 28.0 Å². The molecule has 0 heterocycles. The first-order valence-electron chi connectivity index (χ1n) is 7.15. The smallest absolute Gasteiger partial charge is 0.266 e. The molecular weight excluding hydrogens is 332 g/mol. The molecule has 0 spiro atoms. The van der Waals surface area contributed by atoms with E-state index >= 15 is 0 Å². The van der Waals surface area contributed by atoms with Gasteiger partial charge in [0.15, 0.2) is 0 Å². The summed E-state index contributed by atoms with van der Waals surface area (Å²) in [5, 5.41) is 0. The minimum atomic E-state index is -3.88. The second-order valence-electron chi connectivity index (χ2n) is 4.70. The summed E-state index contributed by atoms with van der Waals surface area (Å²) >= 11 is 0. The molecule has 1 amide bonds. The van der Waals surface area contributed by atoms with Gasteiger partial charge in [-0.15, -0.1) is 4.83 Å². The molecule has 0 saturated carbocycles. The number of ether oxygens (including phenoxy) is 2. The van der Waals surface area contributed by atoms with E-state index in [1.165, 1.54) is 25.3 Å². The molecular formula is C16H18N2O5S. The second-order valence-corrected chi connectivity index (χ2v) is 6.38. The maximum absolute atomic E-state index is 12.2. The molecule has 0 fully saturated rings. The van der Waals surface area contributed by atoms with Gasteiger partial charge < -0.3 is 9.47 Å². The van der Waals surface area contributed by atoms with E-state index in [0.717, 1.165) is 0 Å². The Hall–Kier alpha value is -2.58. The second kappa shape index (κ2) is 7.80. The first-order chi connectivity index (χ1) is 11.5. The lowest BCUT2D eigenvalue weighted by molar-refractivity contribution is 0.0944. The van der Waals surface area contributed by atoms with Gasteiger partial charge in [-0.1, -0.05) is 6.07 Å². The Balaban J connectivity index is 2.04. The van der Waals surface area contributed by atoms with Crippen LogP contribution in [0.2, 0.25) is 0 Å². The number of sulfonamides is 1. The van der Waals surface area contributed by atoms with E-state index in [-0.39, 0.29) is 10.5 Å². The number of amides is 1. The molecule has 0 radical (unpaired) electrons. The molecule has 0 unspecified atom stereocenters. The molecule has 2 N–H and O–H groups in total. The number of carbonyl (C=O) groups is 1. The minimum absolute atomic E-state index is 0.0110. The van der Waals surface area contributed by atoms with Crippen LogP contribution in [0.5, 0.6) is 11.5 Å². The van der Waals surface area contributed by atoms with Gasteiger partial charge in [-0.05, 0) is 49.4 Å². The molecule has 8 heteroatoms. The predicted molar refractivity (Wildman–Crippen MR) is 88.4 cm³/mol. The quantitative estimate of drug-likeness (QED) is 0.742. The fraction of sp³-hybridized carbons (Fsp3) is 0.188. The number of hydrazine groups is 1. The van der Waals surface area contributed by atoms with Crippen molar-refractivity contribution in [3.05, 3.63) is 54.1 Å². The average molecular weight is 350 g/mol. The third-order valence-corrected chi connectivity index (χ3v) is 4.34. The van der Waals surface area contributed by atoms with Crippen LogP contribution in [0.3, 0.4) is 0 Å². The molecule has 0 aliphatic rings. The topological polar surface area (TPSA) is 93.7 Å². The van der Waals surface area contributed by atoms with Gasteiger partial charge in [0.1, 0.15) is 11.5 Å². The highest BCUT2D eigenvalue weighted by Gasteiger charge is 2.16. The molecule has 0 aromatic heterocycles. The van der Waals surface area contributed by atoms with Gasteiger partial charge in [0, 0.05) is 5.56 Å². The van der Waals surface area contributed by atoms with Crippen LogP contribution in [0.15, 0.2) is 53.4 Å². The standard InChI is InChI=1S/C16H18N2O5S/c1-3-23-13-7-9-15(10-8-13)24(20,21)18-17-16(19)12-5-4-6-14(11-12)22-2/h4-11,18H,3H2,1-2H3,(H,17,19). The van der Waals surface area contributed by atoms with E-state index < -0.39 is 15.9 Å². The summed E-state index contributed by atoms with van der Waals surface area (Å²) in [7, 11) is -2.40. The number of benzene rings is 2. The van der Waals surface area contributed by atoms with Crippen LogP contribution in [0.25, 0.3) is 0 Å². The fourth-order valence-electron chi connectivity index (χ4n) is 1.89. The van der Waals surface area contributed by atoms with Crippen molar-refractivity contribution >= 4 is 15.9 Å². The molecule has 7 nitrogen and oxygen atoms in total. The van der Waals surface area contributed by atoms with Crippen molar-refractivity contribution in [3.8, 4) is 11.5 Å². The van der Waals surface area contributed by atoms with E-state index in [2.05, 4.69) is 10.3 Å². The molecule has 128 valence electrons. The molecule has 0 aliphatic carbocycles. The van der Waals surface area contributed by atoms with Crippen LogP contribution in [0.1, 0.15) is 17.3 Å². The largest absolute Gasteiger partial charge is 0.497 e. The zero-order valence-electron chi connectivity index (χ0n) is 13.3. The van der Waals surface area contributed by atoms with Crippen LogP contribution >= 0.6 is 0 Å². The van der Waals surface area contributed by atoms with Crippen LogP contribution < -0.4 is 19.7 Å². The van der Waals surface area contributed by atoms with E-state index in [9.17, 15) is 13.2 Å². The molecule has 0 atom stereocenters. The summed E-state index contributed by atoms with van der Waals surface area (Å²) < 4.78 is 34.6. The Morgan fingerprint density at radius 3 is 2.42 bits per heavy atom. The number of hydrogen-bond donors (Lipinski definition) is 2. The normalized spacial score (nSPS) is 10.9. The lowest BCUT2D eigenvalue weighted by Crippen LogP contribution is -2.41. The Morgan fingerprint density at radius 1 is 1.08 bits per heavy atom. The zero-order chi connectivity index (χ0) is 17.6. The maximum atomic E-state index is 12.2. The highest BCUT2D eigenvalue weighted by molar-refractivity contribution is 7.89. The molecule has 0 aliphatic heterocycles. The van der Waals surface area contributed by atoms with Crippen molar-refractivity contribution in [2.45, 2.75) is 11.8 Å². The van der Waals surface area contributed by atoms with Gasteiger partial charge in [-0.3, -0.25) is 10.2 Å². The lowest BCUT2D eigenvalue weighted by Gasteiger charge is -2.10. The summed E-state index contributed by atoms with van der Waals surface area (Å²) in [4.78, 5) is 14.1. The highest BCUT2D eigenvalue weighted by atomic mass is 32.2. The van der Waals surface area contributed by atoms with Crippen molar-refractivity contribution in [1.29, 1.82) is 0 Å². The van der Waals surface area contributed by atoms with E-state index in [0.29, 0.717) is 18.1 Å². The van der Waals surface area contributed by atoms with E-state index in [1.54, 1.807) is 30.3 Å². The van der Waals surface area contributed by atoms with Gasteiger partial charge in [-0.25, -0.2) is 8.42 Å². The molecule has 0 bridgehead atoms. The summed E-state index contributed by atoms with van der Waals surface area (Å²) in [6.07, 6.45) is 0. The number of methoxy groups -OCH3 is 1. The average Bonchev–Trinajstić information content (AvgIpc) is 2.60. The maximum Gasteiger partial charge on any atom is 0.266 e. The molecule has 0 saturated heterocycles.